The Bertz CT molecular complexity index is 1430. The van der Waals surface area contributed by atoms with E-state index in [-0.39, 0.29) is 64.9 Å². The molecule has 3 amide bonds. The van der Waals surface area contributed by atoms with Crippen LogP contribution in [0.1, 0.15) is 32.4 Å². The molecule has 1 aromatic heterocycles. The first kappa shape index (κ1) is 39.6. The van der Waals surface area contributed by atoms with E-state index >= 15 is 0 Å². The molecule has 4 N–H and O–H groups in total. The van der Waals surface area contributed by atoms with E-state index in [2.05, 4.69) is 16.1 Å². The van der Waals surface area contributed by atoms with Crippen LogP contribution in [0, 0.1) is 0 Å². The molecule has 1 aromatic carbocycles. The lowest BCUT2D eigenvalue weighted by molar-refractivity contribution is -0.153. The number of para-hydroxylation sites is 1. The standard InChI is InChI=1S/C30H48N6O10S/c1-6-46-30(40)22(2)35(5)28(38)12-15-44-17-18-45-16-13-32-29(39)25(21-47(41,42)43)33-27(37)11-14-36-24(20-34(4)31-3)19-23-9-7-8-10-26(23)36/h7-10,19,22,25,31H,6,11-18,20-21H2,1-5H3,(H,32,39)(H,33,37)(H,41,42,43). The van der Waals surface area contributed by atoms with E-state index in [1.807, 2.05) is 47.0 Å². The minimum atomic E-state index is -4.59. The first-order chi connectivity index (χ1) is 22.3. The van der Waals surface area contributed by atoms with E-state index < -0.39 is 45.7 Å². The SMILES string of the molecule is CCOC(=O)C(C)N(C)C(=O)CCOCCOCCNC(=O)C(CS(=O)(=O)O)NC(=O)CCn1c(CN(C)NC)cc2ccccc21. The molecule has 47 heavy (non-hydrogen) atoms. The summed E-state index contributed by atoms with van der Waals surface area (Å²) in [5.41, 5.74) is 4.92. The zero-order chi connectivity index (χ0) is 35.0. The fraction of sp³-hybridized carbons (Fsp3) is 0.600. The molecule has 0 radical (unpaired) electrons. The van der Waals surface area contributed by atoms with Gasteiger partial charge in [-0.15, -0.1) is 0 Å². The number of hydrazine groups is 1. The number of fused-ring (bicyclic) bond motifs is 1. The maximum atomic E-state index is 12.8. The van der Waals surface area contributed by atoms with Crippen LogP contribution in [0.5, 0.6) is 0 Å². The number of amides is 3. The number of carbonyl (C=O) groups excluding carboxylic acids is 4. The molecular weight excluding hydrogens is 636 g/mol. The van der Waals surface area contributed by atoms with Crippen LogP contribution in [-0.4, -0.2) is 130 Å². The molecule has 2 atom stereocenters. The van der Waals surface area contributed by atoms with Crippen molar-refractivity contribution >= 4 is 44.7 Å². The highest BCUT2D eigenvalue weighted by Gasteiger charge is 2.26. The minimum Gasteiger partial charge on any atom is -0.464 e. The van der Waals surface area contributed by atoms with Gasteiger partial charge in [-0.05, 0) is 38.4 Å². The molecule has 0 spiro atoms. The van der Waals surface area contributed by atoms with Crippen LogP contribution in [0.2, 0.25) is 0 Å². The molecule has 2 unspecified atom stereocenters. The maximum Gasteiger partial charge on any atom is 0.328 e. The summed E-state index contributed by atoms with van der Waals surface area (Å²) in [6, 6.07) is 7.54. The summed E-state index contributed by atoms with van der Waals surface area (Å²) < 4.78 is 50.3. The summed E-state index contributed by atoms with van der Waals surface area (Å²) in [5.74, 6) is -3.11. The van der Waals surface area contributed by atoms with Crippen molar-refractivity contribution < 1.29 is 46.4 Å². The third-order valence-electron chi connectivity index (χ3n) is 7.25. The van der Waals surface area contributed by atoms with Crippen LogP contribution in [-0.2, 0) is 56.6 Å². The molecule has 2 rings (SSSR count). The monoisotopic (exact) mass is 684 g/mol. The van der Waals surface area contributed by atoms with E-state index in [0.29, 0.717) is 6.54 Å². The second kappa shape index (κ2) is 19.9. The summed E-state index contributed by atoms with van der Waals surface area (Å²) in [6.07, 6.45) is 0.0215. The van der Waals surface area contributed by atoms with Crippen molar-refractivity contribution in [1.29, 1.82) is 0 Å². The molecule has 16 nitrogen and oxygen atoms in total. The second-order valence-corrected chi connectivity index (χ2v) is 12.2. The minimum absolute atomic E-state index is 0.00338. The van der Waals surface area contributed by atoms with Gasteiger partial charge in [-0.2, -0.15) is 8.42 Å². The van der Waals surface area contributed by atoms with Gasteiger partial charge >= 0.3 is 5.97 Å². The van der Waals surface area contributed by atoms with Crippen molar-refractivity contribution in [2.45, 2.75) is 51.9 Å². The van der Waals surface area contributed by atoms with Crippen molar-refractivity contribution in [2.24, 2.45) is 0 Å². The van der Waals surface area contributed by atoms with Crippen molar-refractivity contribution in [2.75, 3.05) is 66.5 Å². The Morgan fingerprint density at radius 2 is 1.70 bits per heavy atom. The Kier molecular flexibility index (Phi) is 16.8. The molecule has 0 saturated carbocycles. The first-order valence-corrected chi connectivity index (χ1v) is 16.9. The van der Waals surface area contributed by atoms with Gasteiger partial charge < -0.3 is 34.3 Å². The van der Waals surface area contributed by atoms with Crippen LogP contribution >= 0.6 is 0 Å². The summed E-state index contributed by atoms with van der Waals surface area (Å²) in [4.78, 5) is 50.9. The second-order valence-electron chi connectivity index (χ2n) is 10.7. The average molecular weight is 685 g/mol. The molecule has 264 valence electrons. The lowest BCUT2D eigenvalue weighted by Crippen LogP contribution is -2.51. The quantitative estimate of drug-likeness (QED) is 0.0558. The van der Waals surface area contributed by atoms with E-state index in [0.717, 1.165) is 16.6 Å². The number of benzene rings is 1. The Morgan fingerprint density at radius 1 is 1.02 bits per heavy atom. The Labute approximate surface area is 275 Å². The molecule has 0 aliphatic carbocycles. The molecule has 0 saturated heterocycles. The van der Waals surface area contributed by atoms with Gasteiger partial charge in [0.2, 0.25) is 17.7 Å². The highest BCUT2D eigenvalue weighted by molar-refractivity contribution is 7.85. The fourth-order valence-electron chi connectivity index (χ4n) is 4.52. The third kappa shape index (κ3) is 14.0. The molecule has 17 heteroatoms. The number of ether oxygens (including phenoxy) is 3. The smallest absolute Gasteiger partial charge is 0.328 e. The van der Waals surface area contributed by atoms with Gasteiger partial charge in [-0.1, -0.05) is 18.2 Å². The average Bonchev–Trinajstić information content (AvgIpc) is 3.37. The molecule has 0 bridgehead atoms. The van der Waals surface area contributed by atoms with Crippen molar-refractivity contribution in [1.82, 2.24) is 30.5 Å². The van der Waals surface area contributed by atoms with Crippen LogP contribution in [0.25, 0.3) is 10.9 Å². The molecule has 0 aliphatic rings. The van der Waals surface area contributed by atoms with E-state index in [1.165, 1.54) is 11.9 Å². The highest BCUT2D eigenvalue weighted by Crippen LogP contribution is 2.21. The van der Waals surface area contributed by atoms with Crippen molar-refractivity contribution in [3.63, 3.8) is 0 Å². The number of aromatic nitrogens is 1. The molecule has 0 aliphatic heterocycles. The summed E-state index contributed by atoms with van der Waals surface area (Å²) in [6.45, 7) is 4.84. The molecule has 0 fully saturated rings. The van der Waals surface area contributed by atoms with Crippen molar-refractivity contribution in [3.05, 3.63) is 36.0 Å². The number of rotatable bonds is 22. The zero-order valence-electron chi connectivity index (χ0n) is 27.7. The Balaban J connectivity index is 1.77. The molecular formula is C30H48N6O10S. The number of nitrogens with zero attached hydrogens (tertiary/aromatic N) is 3. The van der Waals surface area contributed by atoms with Gasteiger partial charge in [0.15, 0.2) is 0 Å². The third-order valence-corrected chi connectivity index (χ3v) is 8.00. The Morgan fingerprint density at radius 3 is 2.36 bits per heavy atom. The van der Waals surface area contributed by atoms with E-state index in [1.54, 1.807) is 20.9 Å². The number of likely N-dealkylation sites (N-methyl/N-ethyl adjacent to an activating group) is 1. The number of hydrogen-bond acceptors (Lipinski definition) is 11. The van der Waals surface area contributed by atoms with Gasteiger partial charge in [0.1, 0.15) is 17.8 Å². The normalized spacial score (nSPS) is 12.9. The predicted molar refractivity (Wildman–Crippen MR) is 174 cm³/mol. The van der Waals surface area contributed by atoms with Crippen LogP contribution in [0.4, 0.5) is 0 Å². The number of aryl methyl sites for hydroxylation is 1. The summed E-state index contributed by atoms with van der Waals surface area (Å²) in [7, 11) is 0.609. The summed E-state index contributed by atoms with van der Waals surface area (Å²) in [5, 5.41) is 7.81. The Hall–Kier alpha value is -3.61. The zero-order valence-corrected chi connectivity index (χ0v) is 28.5. The van der Waals surface area contributed by atoms with Crippen LogP contribution < -0.4 is 16.1 Å². The van der Waals surface area contributed by atoms with Gasteiger partial charge in [-0.3, -0.25) is 24.4 Å². The lowest BCUT2D eigenvalue weighted by atomic mass is 10.2. The number of carbonyl (C=O) groups is 4. The van der Waals surface area contributed by atoms with Crippen LogP contribution in [0.15, 0.2) is 30.3 Å². The fourth-order valence-corrected chi connectivity index (χ4v) is 5.18. The lowest BCUT2D eigenvalue weighted by Gasteiger charge is -2.23. The van der Waals surface area contributed by atoms with E-state index in [4.69, 9.17) is 14.2 Å². The van der Waals surface area contributed by atoms with Gasteiger partial charge in [-0.25, -0.2) is 9.80 Å². The van der Waals surface area contributed by atoms with Gasteiger partial charge in [0, 0.05) is 44.8 Å². The highest BCUT2D eigenvalue weighted by atomic mass is 32.2. The predicted octanol–water partition coefficient (Wildman–Crippen LogP) is -0.0803. The van der Waals surface area contributed by atoms with Crippen molar-refractivity contribution in [3.8, 4) is 0 Å². The topological polar surface area (TPSA) is 198 Å². The first-order valence-electron chi connectivity index (χ1n) is 15.3. The molecule has 1 heterocycles. The summed E-state index contributed by atoms with van der Waals surface area (Å²) >= 11 is 0. The maximum absolute atomic E-state index is 12.8. The molecule has 2 aromatic rings. The van der Waals surface area contributed by atoms with E-state index in [9.17, 15) is 32.1 Å². The number of hydrogen-bond donors (Lipinski definition) is 4. The van der Waals surface area contributed by atoms with Crippen LogP contribution in [0.3, 0.4) is 0 Å². The number of nitrogens with one attached hydrogen (secondary N) is 3. The van der Waals surface area contributed by atoms with Gasteiger partial charge in [0.25, 0.3) is 10.1 Å². The number of esters is 1. The largest absolute Gasteiger partial charge is 0.464 e. The van der Waals surface area contributed by atoms with Gasteiger partial charge in [0.05, 0.1) is 46.0 Å².